The standard InChI is InChI=1S/C19H21FN6O/c1-2-13-10-22-19(25-18(13)14-3-6-21-17(20)9-14)24-15-11-23-26(12-15)16-4-7-27-8-5-16/h3,6,9-12,16H,2,4-5,7-8H2,1H3,(H,22,24,25). The number of aromatic nitrogens is 5. The molecular weight excluding hydrogens is 347 g/mol. The van der Waals surface area contributed by atoms with Gasteiger partial charge in [-0.2, -0.15) is 9.49 Å². The lowest BCUT2D eigenvalue weighted by Gasteiger charge is -2.22. The summed E-state index contributed by atoms with van der Waals surface area (Å²) >= 11 is 0. The fraction of sp³-hybridized carbons (Fsp3) is 0.368. The second-order valence-corrected chi connectivity index (χ2v) is 6.47. The molecule has 7 nitrogen and oxygen atoms in total. The van der Waals surface area contributed by atoms with Crippen LogP contribution in [0, 0.1) is 5.95 Å². The molecule has 0 radical (unpaired) electrons. The Kier molecular flexibility index (Phi) is 5.06. The van der Waals surface area contributed by atoms with Crippen LogP contribution in [0.1, 0.15) is 31.4 Å². The molecule has 0 amide bonds. The number of hydrogen-bond donors (Lipinski definition) is 1. The highest BCUT2D eigenvalue weighted by atomic mass is 19.1. The van der Waals surface area contributed by atoms with E-state index >= 15 is 0 Å². The largest absolute Gasteiger partial charge is 0.381 e. The lowest BCUT2D eigenvalue weighted by molar-refractivity contribution is 0.0662. The monoisotopic (exact) mass is 368 g/mol. The maximum atomic E-state index is 13.5. The average molecular weight is 368 g/mol. The first-order valence-corrected chi connectivity index (χ1v) is 9.09. The van der Waals surface area contributed by atoms with Crippen molar-refractivity contribution in [3.8, 4) is 11.3 Å². The van der Waals surface area contributed by atoms with E-state index in [1.165, 1.54) is 12.3 Å². The molecule has 4 heterocycles. The predicted molar refractivity (Wildman–Crippen MR) is 99.2 cm³/mol. The Morgan fingerprint density at radius 1 is 1.26 bits per heavy atom. The van der Waals surface area contributed by atoms with Crippen LogP contribution in [0.25, 0.3) is 11.3 Å². The van der Waals surface area contributed by atoms with Gasteiger partial charge in [0.25, 0.3) is 0 Å². The summed E-state index contributed by atoms with van der Waals surface area (Å²) in [5.41, 5.74) is 3.15. The first kappa shape index (κ1) is 17.5. The van der Waals surface area contributed by atoms with E-state index in [0.717, 1.165) is 43.7 Å². The van der Waals surface area contributed by atoms with Crippen LogP contribution in [-0.4, -0.2) is 37.9 Å². The van der Waals surface area contributed by atoms with E-state index in [0.29, 0.717) is 23.2 Å². The van der Waals surface area contributed by atoms with Crippen LogP contribution in [0.3, 0.4) is 0 Å². The summed E-state index contributed by atoms with van der Waals surface area (Å²) in [7, 11) is 0. The molecule has 3 aromatic rings. The van der Waals surface area contributed by atoms with Crippen LogP contribution in [0.4, 0.5) is 16.0 Å². The summed E-state index contributed by atoms with van der Waals surface area (Å²) in [4.78, 5) is 12.6. The van der Waals surface area contributed by atoms with Crippen molar-refractivity contribution in [2.45, 2.75) is 32.2 Å². The van der Waals surface area contributed by atoms with E-state index in [1.807, 2.05) is 17.8 Å². The van der Waals surface area contributed by atoms with Gasteiger partial charge in [-0.05, 0) is 30.9 Å². The average Bonchev–Trinajstić information content (AvgIpc) is 3.17. The second-order valence-electron chi connectivity index (χ2n) is 6.47. The zero-order chi connectivity index (χ0) is 18.6. The Labute approximate surface area is 156 Å². The third-order valence-corrected chi connectivity index (χ3v) is 4.67. The summed E-state index contributed by atoms with van der Waals surface area (Å²) in [6.07, 6.45) is 9.60. The Hall–Kier alpha value is -2.87. The number of halogens is 1. The zero-order valence-corrected chi connectivity index (χ0v) is 15.1. The van der Waals surface area contributed by atoms with Crippen LogP contribution in [0.2, 0.25) is 0 Å². The fourth-order valence-electron chi connectivity index (χ4n) is 3.21. The molecule has 1 N–H and O–H groups in total. The van der Waals surface area contributed by atoms with E-state index in [4.69, 9.17) is 4.74 Å². The van der Waals surface area contributed by atoms with Crippen molar-refractivity contribution in [3.05, 3.63) is 48.4 Å². The molecule has 0 spiro atoms. The van der Waals surface area contributed by atoms with Crippen LogP contribution >= 0.6 is 0 Å². The van der Waals surface area contributed by atoms with Crippen molar-refractivity contribution >= 4 is 11.6 Å². The number of aryl methyl sites for hydroxylation is 1. The van der Waals surface area contributed by atoms with Crippen molar-refractivity contribution in [2.24, 2.45) is 0 Å². The third kappa shape index (κ3) is 3.95. The van der Waals surface area contributed by atoms with Crippen molar-refractivity contribution < 1.29 is 9.13 Å². The van der Waals surface area contributed by atoms with Gasteiger partial charge in [0.2, 0.25) is 11.9 Å². The smallest absolute Gasteiger partial charge is 0.227 e. The lowest BCUT2D eigenvalue weighted by atomic mass is 10.1. The maximum Gasteiger partial charge on any atom is 0.227 e. The Morgan fingerprint density at radius 3 is 2.89 bits per heavy atom. The predicted octanol–water partition coefficient (Wildman–Crippen LogP) is 3.53. The maximum absolute atomic E-state index is 13.5. The van der Waals surface area contributed by atoms with E-state index in [-0.39, 0.29) is 0 Å². The van der Waals surface area contributed by atoms with Gasteiger partial charge in [0, 0.05) is 43.4 Å². The van der Waals surface area contributed by atoms with Gasteiger partial charge in [0.15, 0.2) is 0 Å². The SMILES string of the molecule is CCc1cnc(Nc2cnn(C3CCOCC3)c2)nc1-c1ccnc(F)c1. The van der Waals surface area contributed by atoms with Gasteiger partial charge in [-0.3, -0.25) is 4.68 Å². The summed E-state index contributed by atoms with van der Waals surface area (Å²) in [6, 6.07) is 3.49. The van der Waals surface area contributed by atoms with Crippen molar-refractivity contribution in [2.75, 3.05) is 18.5 Å². The molecule has 27 heavy (non-hydrogen) atoms. The summed E-state index contributed by atoms with van der Waals surface area (Å²) in [5, 5.41) is 7.64. The van der Waals surface area contributed by atoms with Gasteiger partial charge >= 0.3 is 0 Å². The Morgan fingerprint density at radius 2 is 2.11 bits per heavy atom. The molecule has 0 unspecified atom stereocenters. The number of nitrogens with zero attached hydrogens (tertiary/aromatic N) is 5. The van der Waals surface area contributed by atoms with E-state index < -0.39 is 5.95 Å². The van der Waals surface area contributed by atoms with Crippen LogP contribution in [0.5, 0.6) is 0 Å². The quantitative estimate of drug-likeness (QED) is 0.694. The fourth-order valence-corrected chi connectivity index (χ4v) is 3.21. The molecule has 140 valence electrons. The second kappa shape index (κ2) is 7.79. The molecule has 0 aliphatic carbocycles. The van der Waals surface area contributed by atoms with E-state index in [9.17, 15) is 4.39 Å². The Bertz CT molecular complexity index is 922. The highest BCUT2D eigenvalue weighted by Crippen LogP contribution is 2.25. The number of hydrogen-bond acceptors (Lipinski definition) is 6. The van der Waals surface area contributed by atoms with Crippen LogP contribution in [0.15, 0.2) is 36.9 Å². The van der Waals surface area contributed by atoms with Gasteiger partial charge in [0.05, 0.1) is 23.6 Å². The van der Waals surface area contributed by atoms with Gasteiger partial charge in [-0.15, -0.1) is 0 Å². The zero-order valence-electron chi connectivity index (χ0n) is 15.1. The van der Waals surface area contributed by atoms with Gasteiger partial charge < -0.3 is 10.1 Å². The lowest BCUT2D eigenvalue weighted by Crippen LogP contribution is -2.19. The minimum atomic E-state index is -0.527. The Balaban J connectivity index is 1.57. The molecule has 1 aliphatic rings. The number of pyridine rings is 1. The molecule has 0 saturated carbocycles. The first-order valence-electron chi connectivity index (χ1n) is 9.09. The molecule has 0 aromatic carbocycles. The molecule has 3 aromatic heterocycles. The molecule has 1 fully saturated rings. The van der Waals surface area contributed by atoms with Crippen LogP contribution < -0.4 is 5.32 Å². The minimum Gasteiger partial charge on any atom is -0.381 e. The van der Waals surface area contributed by atoms with E-state index in [2.05, 4.69) is 25.4 Å². The number of anilines is 2. The molecule has 1 aliphatic heterocycles. The van der Waals surface area contributed by atoms with Crippen molar-refractivity contribution in [1.29, 1.82) is 0 Å². The summed E-state index contributed by atoms with van der Waals surface area (Å²) < 4.78 is 20.9. The van der Waals surface area contributed by atoms with Crippen molar-refractivity contribution in [1.82, 2.24) is 24.7 Å². The topological polar surface area (TPSA) is 77.8 Å². The molecule has 8 heteroatoms. The van der Waals surface area contributed by atoms with Crippen molar-refractivity contribution in [3.63, 3.8) is 0 Å². The highest BCUT2D eigenvalue weighted by molar-refractivity contribution is 5.64. The van der Waals surface area contributed by atoms with Gasteiger partial charge in [0.1, 0.15) is 0 Å². The molecular formula is C19H21FN6O. The third-order valence-electron chi connectivity index (χ3n) is 4.67. The van der Waals surface area contributed by atoms with Gasteiger partial charge in [-0.1, -0.05) is 6.92 Å². The highest BCUT2D eigenvalue weighted by Gasteiger charge is 2.17. The molecule has 0 bridgehead atoms. The number of nitrogens with one attached hydrogen (secondary N) is 1. The summed E-state index contributed by atoms with van der Waals surface area (Å²) in [5.74, 6) is -0.0774. The van der Waals surface area contributed by atoms with E-state index in [1.54, 1.807) is 18.5 Å². The number of ether oxygens (including phenoxy) is 1. The molecule has 4 rings (SSSR count). The minimum absolute atomic E-state index is 0.355. The molecule has 1 saturated heterocycles. The van der Waals surface area contributed by atoms with Crippen LogP contribution in [-0.2, 0) is 11.2 Å². The molecule has 0 atom stereocenters. The number of rotatable bonds is 5. The summed E-state index contributed by atoms with van der Waals surface area (Å²) in [6.45, 7) is 3.55. The van der Waals surface area contributed by atoms with Gasteiger partial charge in [-0.25, -0.2) is 15.0 Å². The normalized spacial score (nSPS) is 15.0. The first-order chi connectivity index (χ1) is 13.2.